The van der Waals surface area contributed by atoms with Crippen LogP contribution in [0, 0.1) is 45.3 Å². The van der Waals surface area contributed by atoms with Gasteiger partial charge in [0.25, 0.3) is 0 Å². The van der Waals surface area contributed by atoms with Gasteiger partial charge in [0.2, 0.25) is 0 Å². The number of aliphatic hydroxyl groups is 14. The van der Waals surface area contributed by atoms with Crippen molar-refractivity contribution in [1.82, 2.24) is 0 Å². The highest BCUT2D eigenvalue weighted by atomic mass is 16.8. The molecule has 76 heavy (non-hydrogen) atoms. The first-order chi connectivity index (χ1) is 35.6. The van der Waals surface area contributed by atoms with Gasteiger partial charge in [0.05, 0.1) is 44.2 Å². The number of hydrogen-bond donors (Lipinski definition) is 14. The maximum Gasteiger partial charge on any atom is 0.187 e. The lowest BCUT2D eigenvalue weighted by atomic mass is 9.35. The van der Waals surface area contributed by atoms with Crippen molar-refractivity contribution in [2.45, 2.75) is 254 Å². The summed E-state index contributed by atoms with van der Waals surface area (Å²) in [5, 5.41) is 152. The molecule has 8 aliphatic rings. The van der Waals surface area contributed by atoms with Crippen LogP contribution in [0.2, 0.25) is 0 Å². The number of hydrogen-bond acceptors (Lipinski definition) is 22. The van der Waals surface area contributed by atoms with E-state index in [-0.39, 0.29) is 41.1 Å². The standard InChI is InChI=1S/C54H92O22/c1-24(2)11-9-10-15-54(8,76-48-44(68)40(64)38(62)30(73-48)23-70-46-42(66)35(59)27(58)22-69-46)25-12-17-53(7)34(25)26(57)19-32-51(5)16-14-33(50(3,4)31(51)13-18-52(32,53)6)74-49-45(41(65)37(61)29(21-56)72-49)75-47-43(67)39(63)36(60)28(20-55)71-47/h11,25-49,55-68H,9-10,12-23H2,1-8H3. The van der Waals surface area contributed by atoms with Crippen molar-refractivity contribution in [3.8, 4) is 0 Å². The Kier molecular flexibility index (Phi) is 18.6. The van der Waals surface area contributed by atoms with Gasteiger partial charge in [-0.05, 0) is 130 Å². The smallest absolute Gasteiger partial charge is 0.187 e. The average molecular weight is 1090 g/mol. The van der Waals surface area contributed by atoms with E-state index in [4.69, 9.17) is 37.9 Å². The topological polar surface area (TPSA) is 357 Å². The zero-order chi connectivity index (χ0) is 55.8. The summed E-state index contributed by atoms with van der Waals surface area (Å²) < 4.78 is 48.9. The highest BCUT2D eigenvalue weighted by Crippen LogP contribution is 2.76. The SMILES string of the molecule is CC(C)=CCCCC(C)(OC1OC(COC2OCC(O)C(O)C2O)C(O)C(O)C1O)C1CCC2(C)C1C(O)CC1C3(C)CCC(OC4OC(CO)C(O)C(O)C4OC4OC(CO)C(O)C(O)C4O)C(C)(C)C3CCC12C. The number of unbranched alkanes of at least 4 members (excludes halogenated alkanes) is 1. The lowest BCUT2D eigenvalue weighted by Crippen LogP contribution is -2.68. The average Bonchev–Trinajstić information content (AvgIpc) is 3.83. The molecule has 0 aromatic heterocycles. The summed E-state index contributed by atoms with van der Waals surface area (Å²) in [6.45, 7) is 15.2. The van der Waals surface area contributed by atoms with Crippen LogP contribution in [0.5, 0.6) is 0 Å². The minimum atomic E-state index is -1.81. The zero-order valence-electron chi connectivity index (χ0n) is 45.4. The van der Waals surface area contributed by atoms with Crippen molar-refractivity contribution >= 4 is 0 Å². The Hall–Kier alpha value is -1.14. The fourth-order valence-corrected chi connectivity index (χ4v) is 16.2. The van der Waals surface area contributed by atoms with Crippen molar-refractivity contribution < 1.29 is 109 Å². The largest absolute Gasteiger partial charge is 0.394 e. The van der Waals surface area contributed by atoms with Crippen molar-refractivity contribution in [2.24, 2.45) is 45.3 Å². The molecule has 4 saturated carbocycles. The quantitative estimate of drug-likeness (QED) is 0.0492. The molecule has 440 valence electrons. The molecule has 4 heterocycles. The molecule has 4 aliphatic heterocycles. The highest BCUT2D eigenvalue weighted by Gasteiger charge is 2.72. The van der Waals surface area contributed by atoms with E-state index in [1.165, 1.54) is 0 Å². The van der Waals surface area contributed by atoms with Gasteiger partial charge >= 0.3 is 0 Å². The molecule has 4 saturated heterocycles. The van der Waals surface area contributed by atoms with Crippen molar-refractivity contribution in [2.75, 3.05) is 26.4 Å². The molecule has 8 fully saturated rings. The molecular formula is C54H92O22. The third-order valence-electron chi connectivity index (χ3n) is 20.7. The molecule has 29 unspecified atom stereocenters. The van der Waals surface area contributed by atoms with Crippen molar-refractivity contribution in [1.29, 1.82) is 0 Å². The second-order valence-corrected chi connectivity index (χ2v) is 25.7. The van der Waals surface area contributed by atoms with Crippen molar-refractivity contribution in [3.05, 3.63) is 11.6 Å². The first-order valence-electron chi connectivity index (χ1n) is 27.8. The molecule has 8 rings (SSSR count). The summed E-state index contributed by atoms with van der Waals surface area (Å²) in [6, 6.07) is 0. The molecule has 0 aromatic carbocycles. The summed E-state index contributed by atoms with van der Waals surface area (Å²) >= 11 is 0. The van der Waals surface area contributed by atoms with Crippen LogP contribution in [-0.2, 0) is 37.9 Å². The minimum absolute atomic E-state index is 0.0517. The Bertz CT molecular complexity index is 1960. The molecule has 14 N–H and O–H groups in total. The first-order valence-corrected chi connectivity index (χ1v) is 27.8. The van der Waals surface area contributed by atoms with Crippen LogP contribution in [0.15, 0.2) is 11.6 Å². The van der Waals surface area contributed by atoms with E-state index in [9.17, 15) is 71.5 Å². The van der Waals surface area contributed by atoms with E-state index >= 15 is 0 Å². The maximum atomic E-state index is 12.9. The maximum absolute atomic E-state index is 12.9. The van der Waals surface area contributed by atoms with Crippen LogP contribution < -0.4 is 0 Å². The molecule has 4 aliphatic carbocycles. The van der Waals surface area contributed by atoms with Gasteiger partial charge in [-0.2, -0.15) is 0 Å². The summed E-state index contributed by atoms with van der Waals surface area (Å²) in [6.07, 6.45) is -21.6. The van der Waals surface area contributed by atoms with Gasteiger partial charge in [-0.25, -0.2) is 0 Å². The minimum Gasteiger partial charge on any atom is -0.394 e. The molecule has 0 amide bonds. The highest BCUT2D eigenvalue weighted by molar-refractivity contribution is 5.20. The molecule has 29 atom stereocenters. The number of ether oxygens (including phenoxy) is 8. The van der Waals surface area contributed by atoms with Gasteiger partial charge in [-0.15, -0.1) is 0 Å². The van der Waals surface area contributed by atoms with Gasteiger partial charge in [0.1, 0.15) is 91.6 Å². The van der Waals surface area contributed by atoms with E-state index in [1.54, 1.807) is 0 Å². The Morgan fingerprint density at radius 2 is 1.17 bits per heavy atom. The first kappa shape index (κ1) is 60.9. The monoisotopic (exact) mass is 1090 g/mol. The second-order valence-electron chi connectivity index (χ2n) is 25.7. The molecule has 0 radical (unpaired) electrons. The summed E-state index contributed by atoms with van der Waals surface area (Å²) in [5.41, 5.74) is -1.39. The van der Waals surface area contributed by atoms with Crippen LogP contribution in [0.4, 0.5) is 0 Å². The summed E-state index contributed by atoms with van der Waals surface area (Å²) in [5.74, 6) is -0.375. The van der Waals surface area contributed by atoms with Crippen LogP contribution in [-0.4, -0.2) is 232 Å². The molecule has 0 spiro atoms. The van der Waals surface area contributed by atoms with E-state index in [2.05, 4.69) is 40.7 Å². The van der Waals surface area contributed by atoms with Crippen molar-refractivity contribution in [3.63, 3.8) is 0 Å². The zero-order valence-corrected chi connectivity index (χ0v) is 45.4. The number of fused-ring (bicyclic) bond motifs is 5. The fourth-order valence-electron chi connectivity index (χ4n) is 16.2. The van der Waals surface area contributed by atoms with E-state index < -0.39 is 165 Å². The van der Waals surface area contributed by atoms with Gasteiger partial charge < -0.3 is 109 Å². The Balaban J connectivity index is 1.01. The molecule has 22 heteroatoms. The van der Waals surface area contributed by atoms with Crippen LogP contribution in [0.3, 0.4) is 0 Å². The van der Waals surface area contributed by atoms with E-state index in [0.29, 0.717) is 38.5 Å². The predicted octanol–water partition coefficient (Wildman–Crippen LogP) is -1.17. The van der Waals surface area contributed by atoms with Crippen LogP contribution in [0.1, 0.15) is 120 Å². The lowest BCUT2D eigenvalue weighted by Gasteiger charge is -2.71. The molecular weight excluding hydrogens is 1000 g/mol. The van der Waals surface area contributed by atoms with Gasteiger partial charge in [-0.3, -0.25) is 0 Å². The fraction of sp³-hybridized carbons (Fsp3) is 0.963. The lowest BCUT2D eigenvalue weighted by molar-refractivity contribution is -0.378. The molecule has 22 nitrogen and oxygen atoms in total. The normalized spacial score (nSPS) is 52.2. The third kappa shape index (κ3) is 10.8. The van der Waals surface area contributed by atoms with Gasteiger partial charge in [-0.1, -0.05) is 46.3 Å². The van der Waals surface area contributed by atoms with Gasteiger partial charge in [0, 0.05) is 0 Å². The number of allylic oxidation sites excluding steroid dienone is 2. The molecule has 0 bridgehead atoms. The summed E-state index contributed by atoms with van der Waals surface area (Å²) in [4.78, 5) is 0. The van der Waals surface area contributed by atoms with E-state index in [0.717, 1.165) is 31.3 Å². The second kappa shape index (κ2) is 23.3. The Morgan fingerprint density at radius 1 is 0.592 bits per heavy atom. The predicted molar refractivity (Wildman–Crippen MR) is 265 cm³/mol. The Labute approximate surface area is 445 Å². The van der Waals surface area contributed by atoms with Crippen LogP contribution in [0.25, 0.3) is 0 Å². The number of rotatable bonds is 16. The Morgan fingerprint density at radius 3 is 1.82 bits per heavy atom. The van der Waals surface area contributed by atoms with Crippen LogP contribution >= 0.6 is 0 Å². The number of aliphatic hydroxyl groups excluding tert-OH is 14. The van der Waals surface area contributed by atoms with E-state index in [1.807, 2.05) is 20.8 Å². The van der Waals surface area contributed by atoms with Gasteiger partial charge in [0.15, 0.2) is 25.2 Å². The molecule has 0 aromatic rings. The summed E-state index contributed by atoms with van der Waals surface area (Å²) in [7, 11) is 0. The third-order valence-corrected chi connectivity index (χ3v) is 20.7.